The fourth-order valence-electron chi connectivity index (χ4n) is 2.04. The van der Waals surface area contributed by atoms with Gasteiger partial charge in [-0.05, 0) is 17.7 Å². The highest BCUT2D eigenvalue weighted by molar-refractivity contribution is 9.10. The normalized spacial score (nSPS) is 18.0. The molecule has 1 saturated heterocycles. The van der Waals surface area contributed by atoms with Crippen molar-refractivity contribution in [2.45, 2.75) is 24.9 Å². The molecular weight excluding hydrogens is 310 g/mol. The van der Waals surface area contributed by atoms with Crippen LogP contribution in [0.25, 0.3) is 0 Å². The standard InChI is InChI=1S/C14H18BrNO3/c15-12-3-1-11(2-4-12)9-13(17)16-10-14(18)5-7-19-8-6-14/h1-4,18H,5-10H2,(H,16,17). The van der Waals surface area contributed by atoms with Crippen LogP contribution in [0, 0.1) is 0 Å². The Balaban J connectivity index is 1.79. The molecule has 1 fully saturated rings. The van der Waals surface area contributed by atoms with Crippen molar-refractivity contribution in [2.24, 2.45) is 0 Å². The topological polar surface area (TPSA) is 58.6 Å². The molecule has 0 aliphatic carbocycles. The highest BCUT2D eigenvalue weighted by Crippen LogP contribution is 2.19. The summed E-state index contributed by atoms with van der Waals surface area (Å²) in [6.07, 6.45) is 1.48. The molecule has 0 aromatic heterocycles. The van der Waals surface area contributed by atoms with E-state index in [1.54, 1.807) is 0 Å². The maximum Gasteiger partial charge on any atom is 0.224 e. The fraction of sp³-hybridized carbons (Fsp3) is 0.500. The summed E-state index contributed by atoms with van der Waals surface area (Å²) in [5.41, 5.74) is 0.146. The number of rotatable bonds is 4. The van der Waals surface area contributed by atoms with Crippen molar-refractivity contribution in [3.63, 3.8) is 0 Å². The number of nitrogens with one attached hydrogen (secondary N) is 1. The second-order valence-corrected chi connectivity index (χ2v) is 5.83. The number of amides is 1. The van der Waals surface area contributed by atoms with Crippen LogP contribution in [0.15, 0.2) is 28.7 Å². The van der Waals surface area contributed by atoms with E-state index in [4.69, 9.17) is 4.74 Å². The molecule has 1 aliphatic rings. The molecule has 5 heteroatoms. The average Bonchev–Trinajstić information content (AvgIpc) is 2.40. The molecule has 0 unspecified atom stereocenters. The lowest BCUT2D eigenvalue weighted by atomic mass is 9.94. The molecule has 1 aliphatic heterocycles. The third-order valence-electron chi connectivity index (χ3n) is 3.32. The average molecular weight is 328 g/mol. The molecular formula is C14H18BrNO3. The lowest BCUT2D eigenvalue weighted by Gasteiger charge is -2.32. The van der Waals surface area contributed by atoms with Gasteiger partial charge < -0.3 is 15.2 Å². The minimum Gasteiger partial charge on any atom is -0.388 e. The summed E-state index contributed by atoms with van der Waals surface area (Å²) >= 11 is 3.36. The number of halogens is 1. The number of hydrogen-bond acceptors (Lipinski definition) is 3. The van der Waals surface area contributed by atoms with E-state index >= 15 is 0 Å². The molecule has 0 atom stereocenters. The van der Waals surface area contributed by atoms with Gasteiger partial charge in [-0.1, -0.05) is 28.1 Å². The summed E-state index contributed by atoms with van der Waals surface area (Å²) in [6.45, 7) is 1.41. The van der Waals surface area contributed by atoms with Gasteiger partial charge in [-0.2, -0.15) is 0 Å². The van der Waals surface area contributed by atoms with Gasteiger partial charge in [0, 0.05) is 37.1 Å². The molecule has 0 spiro atoms. The van der Waals surface area contributed by atoms with E-state index in [9.17, 15) is 9.90 Å². The summed E-state index contributed by atoms with van der Waals surface area (Å²) in [4.78, 5) is 11.8. The third-order valence-corrected chi connectivity index (χ3v) is 3.84. The van der Waals surface area contributed by atoms with Crippen molar-refractivity contribution < 1.29 is 14.6 Å². The first kappa shape index (κ1) is 14.5. The predicted octanol–water partition coefficient (Wildman–Crippen LogP) is 1.65. The molecule has 0 saturated carbocycles. The van der Waals surface area contributed by atoms with Crippen molar-refractivity contribution in [3.05, 3.63) is 34.3 Å². The Morgan fingerprint density at radius 3 is 2.58 bits per heavy atom. The van der Waals surface area contributed by atoms with Crippen LogP contribution in [0.2, 0.25) is 0 Å². The lowest BCUT2D eigenvalue weighted by molar-refractivity contribution is -0.123. The predicted molar refractivity (Wildman–Crippen MR) is 75.9 cm³/mol. The molecule has 0 bridgehead atoms. The maximum atomic E-state index is 11.8. The quantitative estimate of drug-likeness (QED) is 0.884. The van der Waals surface area contributed by atoms with Crippen LogP contribution in [0.4, 0.5) is 0 Å². The van der Waals surface area contributed by atoms with E-state index in [0.29, 0.717) is 39.0 Å². The summed E-state index contributed by atoms with van der Waals surface area (Å²) in [6, 6.07) is 7.64. The number of ether oxygens (including phenoxy) is 1. The Morgan fingerprint density at radius 1 is 1.32 bits per heavy atom. The van der Waals surface area contributed by atoms with Gasteiger partial charge in [-0.25, -0.2) is 0 Å². The van der Waals surface area contributed by atoms with Gasteiger partial charge >= 0.3 is 0 Å². The Labute approximate surface area is 121 Å². The fourth-order valence-corrected chi connectivity index (χ4v) is 2.31. The zero-order valence-electron chi connectivity index (χ0n) is 10.7. The zero-order chi connectivity index (χ0) is 13.7. The number of aliphatic hydroxyl groups is 1. The van der Waals surface area contributed by atoms with Gasteiger partial charge in [0.1, 0.15) is 0 Å². The molecule has 1 heterocycles. The van der Waals surface area contributed by atoms with E-state index in [-0.39, 0.29) is 5.91 Å². The third kappa shape index (κ3) is 4.60. The van der Waals surface area contributed by atoms with E-state index in [0.717, 1.165) is 10.0 Å². The summed E-state index contributed by atoms with van der Waals surface area (Å²) < 4.78 is 6.20. The Morgan fingerprint density at radius 2 is 1.95 bits per heavy atom. The Hall–Kier alpha value is -0.910. The minimum absolute atomic E-state index is 0.0674. The summed E-state index contributed by atoms with van der Waals surface area (Å²) in [5.74, 6) is -0.0674. The summed E-state index contributed by atoms with van der Waals surface area (Å²) in [5, 5.41) is 13.0. The lowest BCUT2D eigenvalue weighted by Crippen LogP contribution is -2.46. The highest BCUT2D eigenvalue weighted by atomic mass is 79.9. The first-order valence-electron chi connectivity index (χ1n) is 6.39. The molecule has 1 aromatic rings. The Bertz CT molecular complexity index is 427. The number of hydrogen-bond donors (Lipinski definition) is 2. The van der Waals surface area contributed by atoms with Crippen molar-refractivity contribution >= 4 is 21.8 Å². The second-order valence-electron chi connectivity index (χ2n) is 4.92. The first-order valence-corrected chi connectivity index (χ1v) is 7.18. The van der Waals surface area contributed by atoms with E-state index in [1.165, 1.54) is 0 Å². The molecule has 0 radical (unpaired) electrons. The van der Waals surface area contributed by atoms with Crippen molar-refractivity contribution in [2.75, 3.05) is 19.8 Å². The first-order chi connectivity index (χ1) is 9.07. The molecule has 1 aromatic carbocycles. The van der Waals surface area contributed by atoms with E-state index in [1.807, 2.05) is 24.3 Å². The summed E-state index contributed by atoms with van der Waals surface area (Å²) in [7, 11) is 0. The van der Waals surface area contributed by atoms with Gasteiger partial charge in [0.05, 0.1) is 12.0 Å². The van der Waals surface area contributed by atoms with Crippen molar-refractivity contribution in [1.82, 2.24) is 5.32 Å². The van der Waals surface area contributed by atoms with Gasteiger partial charge in [0.15, 0.2) is 0 Å². The van der Waals surface area contributed by atoms with E-state index < -0.39 is 5.60 Å². The number of benzene rings is 1. The van der Waals surface area contributed by atoms with Crippen LogP contribution in [-0.2, 0) is 16.0 Å². The van der Waals surface area contributed by atoms with Gasteiger partial charge in [-0.3, -0.25) is 4.79 Å². The minimum atomic E-state index is -0.812. The second kappa shape index (κ2) is 6.50. The maximum absolute atomic E-state index is 11.8. The van der Waals surface area contributed by atoms with Crippen LogP contribution < -0.4 is 5.32 Å². The van der Waals surface area contributed by atoms with Gasteiger partial charge in [0.25, 0.3) is 0 Å². The number of carbonyl (C=O) groups excluding carboxylic acids is 1. The van der Waals surface area contributed by atoms with E-state index in [2.05, 4.69) is 21.2 Å². The molecule has 2 rings (SSSR count). The van der Waals surface area contributed by atoms with Gasteiger partial charge in [-0.15, -0.1) is 0 Å². The molecule has 4 nitrogen and oxygen atoms in total. The molecule has 19 heavy (non-hydrogen) atoms. The SMILES string of the molecule is O=C(Cc1ccc(Br)cc1)NCC1(O)CCOCC1. The van der Waals surface area contributed by atoms with Crippen LogP contribution in [0.3, 0.4) is 0 Å². The van der Waals surface area contributed by atoms with Gasteiger partial charge in [0.2, 0.25) is 5.91 Å². The van der Waals surface area contributed by atoms with Crippen molar-refractivity contribution in [1.29, 1.82) is 0 Å². The van der Waals surface area contributed by atoms with Crippen LogP contribution >= 0.6 is 15.9 Å². The highest BCUT2D eigenvalue weighted by Gasteiger charge is 2.29. The molecule has 1 amide bonds. The molecule has 2 N–H and O–H groups in total. The smallest absolute Gasteiger partial charge is 0.224 e. The van der Waals surface area contributed by atoms with Crippen molar-refractivity contribution in [3.8, 4) is 0 Å². The number of carbonyl (C=O) groups is 1. The van der Waals surface area contributed by atoms with Crippen LogP contribution in [0.5, 0.6) is 0 Å². The Kier molecular flexibility index (Phi) is 4.96. The monoisotopic (exact) mass is 327 g/mol. The zero-order valence-corrected chi connectivity index (χ0v) is 12.3. The molecule has 104 valence electrons. The van der Waals surface area contributed by atoms with Crippen LogP contribution in [0.1, 0.15) is 18.4 Å². The van der Waals surface area contributed by atoms with Crippen LogP contribution in [-0.4, -0.2) is 36.4 Å². The largest absolute Gasteiger partial charge is 0.388 e.